The van der Waals surface area contributed by atoms with Gasteiger partial charge in [-0.2, -0.15) is 0 Å². The lowest BCUT2D eigenvalue weighted by molar-refractivity contribution is -0.385. The molecule has 1 N–H and O–H groups in total. The van der Waals surface area contributed by atoms with Gasteiger partial charge in [-0.1, -0.05) is 22.9 Å². The van der Waals surface area contributed by atoms with Crippen LogP contribution in [0.15, 0.2) is 22.7 Å². The summed E-state index contributed by atoms with van der Waals surface area (Å²) in [6.07, 6.45) is 0.826. The molecule has 2 rings (SSSR count). The fourth-order valence-electron chi connectivity index (χ4n) is 2.51. The fraction of sp³-hybridized carbons (Fsp3) is 0.462. The molecule has 0 aliphatic carbocycles. The van der Waals surface area contributed by atoms with Gasteiger partial charge in [0.15, 0.2) is 0 Å². The number of aliphatic hydroxyl groups is 1. The predicted molar refractivity (Wildman–Crippen MR) is 76.5 cm³/mol. The molecule has 108 valence electrons. The number of carbonyl (C=O) groups is 1. The number of likely N-dealkylation sites (tertiary alicyclic amines) is 1. The molecule has 1 aliphatic heterocycles. The van der Waals surface area contributed by atoms with Gasteiger partial charge >= 0.3 is 0 Å². The van der Waals surface area contributed by atoms with Crippen LogP contribution in [-0.4, -0.2) is 40.0 Å². The van der Waals surface area contributed by atoms with E-state index in [0.29, 0.717) is 11.0 Å². The molecule has 0 saturated carbocycles. The zero-order valence-corrected chi connectivity index (χ0v) is 12.5. The molecule has 2 atom stereocenters. The van der Waals surface area contributed by atoms with Crippen molar-refractivity contribution in [3.63, 3.8) is 0 Å². The first kappa shape index (κ1) is 14.9. The monoisotopic (exact) mass is 342 g/mol. The molecular weight excluding hydrogens is 328 g/mol. The van der Waals surface area contributed by atoms with Gasteiger partial charge in [0, 0.05) is 28.7 Å². The topological polar surface area (TPSA) is 83.7 Å². The minimum atomic E-state index is -0.530. The molecule has 20 heavy (non-hydrogen) atoms. The van der Waals surface area contributed by atoms with Gasteiger partial charge < -0.3 is 10.0 Å². The lowest BCUT2D eigenvalue weighted by Gasteiger charge is -2.25. The van der Waals surface area contributed by atoms with Crippen molar-refractivity contribution in [3.8, 4) is 0 Å². The number of benzene rings is 1. The summed E-state index contributed by atoms with van der Waals surface area (Å²) in [5, 5.41) is 20.2. The highest BCUT2D eigenvalue weighted by Gasteiger charge is 2.34. The molecule has 1 saturated heterocycles. The second-order valence-electron chi connectivity index (χ2n) is 4.97. The molecule has 6 nitrogen and oxygen atoms in total. The quantitative estimate of drug-likeness (QED) is 0.674. The molecule has 1 amide bonds. The summed E-state index contributed by atoms with van der Waals surface area (Å²) in [5.41, 5.74) is 0.133. The highest BCUT2D eigenvalue weighted by Crippen LogP contribution is 2.28. The number of hydrogen-bond acceptors (Lipinski definition) is 4. The third-order valence-electron chi connectivity index (χ3n) is 3.67. The van der Waals surface area contributed by atoms with Crippen LogP contribution in [0.4, 0.5) is 5.69 Å². The Morgan fingerprint density at radius 1 is 1.55 bits per heavy atom. The van der Waals surface area contributed by atoms with Crippen LogP contribution in [0.2, 0.25) is 0 Å². The third-order valence-corrected chi connectivity index (χ3v) is 4.13. The van der Waals surface area contributed by atoms with E-state index in [2.05, 4.69) is 15.9 Å². The number of aliphatic hydroxyl groups excluding tert-OH is 1. The highest BCUT2D eigenvalue weighted by atomic mass is 79.9. The van der Waals surface area contributed by atoms with Crippen LogP contribution in [0, 0.1) is 16.0 Å². The Kier molecular flexibility index (Phi) is 4.39. The Balaban J connectivity index is 2.32. The SMILES string of the molecule is CC1CCN(C(=O)c2cc(Br)cc([N+](=O)[O-])c2)C1CO. The van der Waals surface area contributed by atoms with Crippen LogP contribution in [0.1, 0.15) is 23.7 Å². The fourth-order valence-corrected chi connectivity index (χ4v) is 2.99. The second kappa shape index (κ2) is 5.88. The van der Waals surface area contributed by atoms with Crippen molar-refractivity contribution >= 4 is 27.5 Å². The summed E-state index contributed by atoms with van der Waals surface area (Å²) < 4.78 is 0.489. The number of nitrogens with zero attached hydrogens (tertiary/aromatic N) is 2. The van der Waals surface area contributed by atoms with Crippen LogP contribution in [0.25, 0.3) is 0 Å². The molecule has 1 aromatic rings. The molecule has 0 bridgehead atoms. The number of rotatable bonds is 3. The van der Waals surface area contributed by atoms with Gasteiger partial charge in [-0.3, -0.25) is 14.9 Å². The molecule has 7 heteroatoms. The van der Waals surface area contributed by atoms with Crippen molar-refractivity contribution < 1.29 is 14.8 Å². The first-order valence-electron chi connectivity index (χ1n) is 6.31. The molecule has 1 fully saturated rings. The number of hydrogen-bond donors (Lipinski definition) is 1. The van der Waals surface area contributed by atoms with Gasteiger partial charge in [-0.05, 0) is 18.4 Å². The zero-order valence-electron chi connectivity index (χ0n) is 11.0. The van der Waals surface area contributed by atoms with Crippen molar-refractivity contribution in [2.75, 3.05) is 13.2 Å². The molecule has 0 radical (unpaired) electrons. The van der Waals surface area contributed by atoms with E-state index in [-0.39, 0.29) is 35.7 Å². The van der Waals surface area contributed by atoms with Crippen LogP contribution in [0.3, 0.4) is 0 Å². The summed E-state index contributed by atoms with van der Waals surface area (Å²) in [4.78, 5) is 24.4. The molecule has 1 heterocycles. The number of amides is 1. The molecule has 1 aliphatic rings. The van der Waals surface area contributed by atoms with Crippen molar-refractivity contribution in [1.29, 1.82) is 0 Å². The van der Waals surface area contributed by atoms with E-state index < -0.39 is 4.92 Å². The second-order valence-corrected chi connectivity index (χ2v) is 5.89. The van der Waals surface area contributed by atoms with E-state index in [1.54, 1.807) is 11.0 Å². The van der Waals surface area contributed by atoms with Crippen LogP contribution in [0.5, 0.6) is 0 Å². The van der Waals surface area contributed by atoms with Crippen molar-refractivity contribution in [3.05, 3.63) is 38.3 Å². The van der Waals surface area contributed by atoms with Gasteiger partial charge in [-0.25, -0.2) is 0 Å². The van der Waals surface area contributed by atoms with Gasteiger partial charge in [0.1, 0.15) is 0 Å². The van der Waals surface area contributed by atoms with Gasteiger partial charge in [0.05, 0.1) is 17.6 Å². The van der Waals surface area contributed by atoms with E-state index >= 15 is 0 Å². The Morgan fingerprint density at radius 3 is 2.85 bits per heavy atom. The molecule has 2 unspecified atom stereocenters. The van der Waals surface area contributed by atoms with Crippen molar-refractivity contribution in [1.82, 2.24) is 4.90 Å². The van der Waals surface area contributed by atoms with Crippen molar-refractivity contribution in [2.45, 2.75) is 19.4 Å². The summed E-state index contributed by atoms with van der Waals surface area (Å²) in [6.45, 7) is 2.45. The smallest absolute Gasteiger partial charge is 0.271 e. The highest BCUT2D eigenvalue weighted by molar-refractivity contribution is 9.10. The number of carbonyl (C=O) groups excluding carboxylic acids is 1. The Bertz CT molecular complexity index is 549. The Morgan fingerprint density at radius 2 is 2.25 bits per heavy atom. The summed E-state index contributed by atoms with van der Waals surface area (Å²) in [7, 11) is 0. The lowest BCUT2D eigenvalue weighted by Crippen LogP contribution is -2.39. The van der Waals surface area contributed by atoms with Gasteiger partial charge in [-0.15, -0.1) is 0 Å². The summed E-state index contributed by atoms with van der Waals surface area (Å²) in [5.74, 6) is -0.0520. The van der Waals surface area contributed by atoms with Gasteiger partial charge in [0.25, 0.3) is 11.6 Å². The summed E-state index contributed by atoms with van der Waals surface area (Å²) in [6, 6.07) is 3.96. The van der Waals surface area contributed by atoms with Crippen LogP contribution >= 0.6 is 15.9 Å². The maximum atomic E-state index is 12.5. The Labute approximate surface area is 124 Å². The van der Waals surface area contributed by atoms with E-state index in [0.717, 1.165) is 6.42 Å². The first-order valence-corrected chi connectivity index (χ1v) is 7.10. The third kappa shape index (κ3) is 2.83. The average Bonchev–Trinajstić information content (AvgIpc) is 2.78. The maximum Gasteiger partial charge on any atom is 0.271 e. The summed E-state index contributed by atoms with van der Waals surface area (Å²) >= 11 is 3.18. The predicted octanol–water partition coefficient (Wildman–Crippen LogP) is 2.20. The largest absolute Gasteiger partial charge is 0.394 e. The molecule has 0 aromatic heterocycles. The molecular formula is C13H15BrN2O4. The van der Waals surface area contributed by atoms with E-state index in [1.807, 2.05) is 6.92 Å². The standard InChI is InChI=1S/C13H15BrN2O4/c1-8-2-3-15(12(8)7-17)13(18)9-4-10(14)6-11(5-9)16(19)20/h4-6,8,12,17H,2-3,7H2,1H3. The maximum absolute atomic E-state index is 12.5. The van der Waals surface area contributed by atoms with E-state index in [4.69, 9.17) is 0 Å². The number of non-ortho nitro benzene ring substituents is 1. The van der Waals surface area contributed by atoms with Crippen LogP contribution in [-0.2, 0) is 0 Å². The minimum Gasteiger partial charge on any atom is -0.394 e. The lowest BCUT2D eigenvalue weighted by atomic mass is 10.0. The number of halogens is 1. The molecule has 1 aromatic carbocycles. The average molecular weight is 343 g/mol. The molecule has 0 spiro atoms. The number of nitro groups is 1. The first-order chi connectivity index (χ1) is 9.43. The number of nitro benzene ring substituents is 1. The van der Waals surface area contributed by atoms with Crippen LogP contribution < -0.4 is 0 Å². The Hall–Kier alpha value is -1.47. The van der Waals surface area contributed by atoms with Gasteiger partial charge in [0.2, 0.25) is 0 Å². The normalized spacial score (nSPS) is 22.1. The minimum absolute atomic E-state index is 0.0942. The van der Waals surface area contributed by atoms with Crippen molar-refractivity contribution in [2.24, 2.45) is 5.92 Å². The zero-order chi connectivity index (χ0) is 14.9. The van der Waals surface area contributed by atoms with E-state index in [9.17, 15) is 20.0 Å². The van der Waals surface area contributed by atoms with E-state index in [1.165, 1.54) is 12.1 Å².